The zero-order chi connectivity index (χ0) is 14.8. The van der Waals surface area contributed by atoms with E-state index in [2.05, 4.69) is 66.3 Å². The third-order valence-electron chi connectivity index (χ3n) is 3.58. The molecule has 0 fully saturated rings. The van der Waals surface area contributed by atoms with E-state index in [1.54, 1.807) is 11.8 Å². The second-order valence-electron chi connectivity index (χ2n) is 5.25. The minimum Gasteiger partial charge on any atom is -0.333 e. The number of rotatable bonds is 4. The maximum absolute atomic E-state index is 6.04. The number of H-pyrrole nitrogens is 1. The number of fused-ring (bicyclic) bond motifs is 1. The van der Waals surface area contributed by atoms with E-state index in [1.165, 1.54) is 11.1 Å². The highest BCUT2D eigenvalue weighted by atomic mass is 32.2. The van der Waals surface area contributed by atoms with Crippen LogP contribution in [0.25, 0.3) is 11.0 Å². The predicted molar refractivity (Wildman–Crippen MR) is 88.6 cm³/mol. The number of imidazole rings is 1. The second-order valence-corrected chi connectivity index (χ2v) is 6.31. The summed E-state index contributed by atoms with van der Waals surface area (Å²) in [5.41, 5.74) is 10.5. The van der Waals surface area contributed by atoms with Crippen LogP contribution in [0.1, 0.15) is 30.5 Å². The van der Waals surface area contributed by atoms with Crippen LogP contribution in [0.15, 0.2) is 52.5 Å². The van der Waals surface area contributed by atoms with Crippen LogP contribution in [-0.2, 0) is 0 Å². The number of nitrogens with zero attached hydrogens (tertiary/aromatic N) is 1. The highest BCUT2D eigenvalue weighted by Crippen LogP contribution is 2.28. The number of aromatic nitrogens is 2. The minimum atomic E-state index is 0.123. The average molecular weight is 297 g/mol. The quantitative estimate of drug-likeness (QED) is 0.749. The van der Waals surface area contributed by atoms with Crippen molar-refractivity contribution in [1.29, 1.82) is 0 Å². The van der Waals surface area contributed by atoms with Crippen molar-refractivity contribution in [1.82, 2.24) is 9.97 Å². The fourth-order valence-electron chi connectivity index (χ4n) is 2.28. The molecule has 2 aromatic carbocycles. The summed E-state index contributed by atoms with van der Waals surface area (Å²) in [7, 11) is 0. The largest absolute Gasteiger partial charge is 0.333 e. The summed E-state index contributed by atoms with van der Waals surface area (Å²) in [6.07, 6.45) is 0.954. The SMILES string of the molecule is CC[C@@H](N)c1ccc(Sc2nc3ccc(C)cc3[nH]2)cc1. The van der Waals surface area contributed by atoms with Gasteiger partial charge >= 0.3 is 0 Å². The fraction of sp³-hybridized carbons (Fsp3) is 0.235. The van der Waals surface area contributed by atoms with E-state index >= 15 is 0 Å². The Balaban J connectivity index is 1.81. The Labute approximate surface area is 129 Å². The summed E-state index contributed by atoms with van der Waals surface area (Å²) in [4.78, 5) is 9.13. The van der Waals surface area contributed by atoms with E-state index in [1.807, 2.05) is 0 Å². The van der Waals surface area contributed by atoms with Gasteiger partial charge in [-0.25, -0.2) is 4.98 Å². The van der Waals surface area contributed by atoms with Gasteiger partial charge in [0, 0.05) is 10.9 Å². The maximum Gasteiger partial charge on any atom is 0.171 e. The number of hydrogen-bond donors (Lipinski definition) is 2. The number of hydrogen-bond acceptors (Lipinski definition) is 3. The lowest BCUT2D eigenvalue weighted by molar-refractivity contribution is 0.698. The molecule has 0 aliphatic rings. The van der Waals surface area contributed by atoms with Crippen molar-refractivity contribution in [3.63, 3.8) is 0 Å². The van der Waals surface area contributed by atoms with Gasteiger partial charge in [-0.2, -0.15) is 0 Å². The van der Waals surface area contributed by atoms with Crippen molar-refractivity contribution in [2.75, 3.05) is 0 Å². The molecular formula is C17H19N3S. The lowest BCUT2D eigenvalue weighted by Gasteiger charge is -2.09. The minimum absolute atomic E-state index is 0.123. The summed E-state index contributed by atoms with van der Waals surface area (Å²) >= 11 is 1.64. The first-order chi connectivity index (χ1) is 10.2. The Morgan fingerprint density at radius 3 is 2.67 bits per heavy atom. The molecule has 0 aliphatic heterocycles. The Bertz CT molecular complexity index is 746. The van der Waals surface area contributed by atoms with Crippen molar-refractivity contribution in [3.05, 3.63) is 53.6 Å². The molecule has 0 saturated heterocycles. The van der Waals surface area contributed by atoms with Gasteiger partial charge in [-0.1, -0.05) is 36.9 Å². The number of nitrogens with two attached hydrogens (primary N) is 1. The van der Waals surface area contributed by atoms with Crippen molar-refractivity contribution >= 4 is 22.8 Å². The molecule has 3 N–H and O–H groups in total. The monoisotopic (exact) mass is 297 g/mol. The van der Waals surface area contributed by atoms with Gasteiger partial charge < -0.3 is 10.7 Å². The van der Waals surface area contributed by atoms with Gasteiger partial charge in [0.15, 0.2) is 5.16 Å². The standard InChI is InChI=1S/C17H19N3S/c1-3-14(18)12-5-7-13(8-6-12)21-17-19-15-9-4-11(2)10-16(15)20-17/h4-10,14H,3,18H2,1-2H3,(H,19,20)/t14-/m1/s1. The summed E-state index contributed by atoms with van der Waals surface area (Å²) in [5, 5.41) is 0.920. The smallest absolute Gasteiger partial charge is 0.171 e. The highest BCUT2D eigenvalue weighted by molar-refractivity contribution is 7.99. The molecule has 1 aromatic heterocycles. The summed E-state index contributed by atoms with van der Waals surface area (Å²) in [6.45, 7) is 4.19. The van der Waals surface area contributed by atoms with Crippen LogP contribution in [-0.4, -0.2) is 9.97 Å². The highest BCUT2D eigenvalue weighted by Gasteiger charge is 2.06. The van der Waals surface area contributed by atoms with Crippen molar-refractivity contribution in [3.8, 4) is 0 Å². The van der Waals surface area contributed by atoms with Gasteiger partial charge in [-0.3, -0.25) is 0 Å². The molecule has 1 heterocycles. The Hall–Kier alpha value is -1.78. The van der Waals surface area contributed by atoms with Gasteiger partial charge in [0.25, 0.3) is 0 Å². The molecule has 0 bridgehead atoms. The van der Waals surface area contributed by atoms with Crippen LogP contribution in [0.2, 0.25) is 0 Å². The topological polar surface area (TPSA) is 54.7 Å². The average Bonchev–Trinajstić information content (AvgIpc) is 2.88. The number of aryl methyl sites for hydroxylation is 1. The van der Waals surface area contributed by atoms with Gasteiger partial charge in [0.2, 0.25) is 0 Å². The first-order valence-corrected chi connectivity index (χ1v) is 7.97. The normalized spacial score (nSPS) is 12.7. The number of benzene rings is 2. The number of aromatic amines is 1. The van der Waals surface area contributed by atoms with Crippen LogP contribution in [0, 0.1) is 6.92 Å². The molecular weight excluding hydrogens is 278 g/mol. The molecule has 0 saturated carbocycles. The Morgan fingerprint density at radius 2 is 1.95 bits per heavy atom. The molecule has 3 rings (SSSR count). The summed E-state index contributed by atoms with van der Waals surface area (Å²) < 4.78 is 0. The molecule has 0 aliphatic carbocycles. The zero-order valence-corrected chi connectivity index (χ0v) is 13.1. The lowest BCUT2D eigenvalue weighted by Crippen LogP contribution is -2.07. The molecule has 3 nitrogen and oxygen atoms in total. The molecule has 1 atom stereocenters. The van der Waals surface area contributed by atoms with Crippen molar-refractivity contribution < 1.29 is 0 Å². The molecule has 108 valence electrons. The van der Waals surface area contributed by atoms with Gasteiger partial charge in [0.05, 0.1) is 11.0 Å². The fourth-order valence-corrected chi connectivity index (χ4v) is 3.08. The Morgan fingerprint density at radius 1 is 1.19 bits per heavy atom. The third kappa shape index (κ3) is 3.12. The van der Waals surface area contributed by atoms with E-state index in [9.17, 15) is 0 Å². The second kappa shape index (κ2) is 5.92. The van der Waals surface area contributed by atoms with Crippen molar-refractivity contribution in [2.45, 2.75) is 36.4 Å². The van der Waals surface area contributed by atoms with E-state index < -0.39 is 0 Å². The number of nitrogens with one attached hydrogen (secondary N) is 1. The van der Waals surface area contributed by atoms with Gasteiger partial charge in [-0.15, -0.1) is 0 Å². The first-order valence-electron chi connectivity index (χ1n) is 7.15. The summed E-state index contributed by atoms with van der Waals surface area (Å²) in [6, 6.07) is 14.8. The summed E-state index contributed by atoms with van der Waals surface area (Å²) in [5.74, 6) is 0. The predicted octanol–water partition coefficient (Wildman–Crippen LogP) is 4.43. The van der Waals surface area contributed by atoms with Gasteiger partial charge in [0.1, 0.15) is 0 Å². The molecule has 3 aromatic rings. The van der Waals surface area contributed by atoms with E-state index in [-0.39, 0.29) is 6.04 Å². The first kappa shape index (κ1) is 14.2. The van der Waals surface area contributed by atoms with Crippen LogP contribution in [0.3, 0.4) is 0 Å². The Kier molecular flexibility index (Phi) is 3.99. The van der Waals surface area contributed by atoms with Crippen LogP contribution < -0.4 is 5.73 Å². The van der Waals surface area contributed by atoms with E-state index in [4.69, 9.17) is 5.73 Å². The van der Waals surface area contributed by atoms with E-state index in [0.29, 0.717) is 0 Å². The van der Waals surface area contributed by atoms with Crippen LogP contribution in [0.5, 0.6) is 0 Å². The lowest BCUT2D eigenvalue weighted by atomic mass is 10.1. The molecule has 0 amide bonds. The van der Waals surface area contributed by atoms with Crippen molar-refractivity contribution in [2.24, 2.45) is 5.73 Å². The van der Waals surface area contributed by atoms with Crippen LogP contribution in [0.4, 0.5) is 0 Å². The van der Waals surface area contributed by atoms with Crippen LogP contribution >= 0.6 is 11.8 Å². The molecule has 0 spiro atoms. The molecule has 4 heteroatoms. The van der Waals surface area contributed by atoms with E-state index in [0.717, 1.165) is 27.5 Å². The van der Waals surface area contributed by atoms with Gasteiger partial charge in [-0.05, 0) is 48.7 Å². The maximum atomic E-state index is 6.04. The molecule has 0 radical (unpaired) electrons. The molecule has 21 heavy (non-hydrogen) atoms. The zero-order valence-electron chi connectivity index (χ0n) is 12.3. The molecule has 0 unspecified atom stereocenters. The third-order valence-corrected chi connectivity index (χ3v) is 4.47.